The van der Waals surface area contributed by atoms with Crippen LogP contribution in [0, 0.1) is 0 Å². The number of nitrogens with zero attached hydrogens (tertiary/aromatic N) is 2. The number of hydrogen-bond acceptors (Lipinski definition) is 3. The topological polar surface area (TPSA) is 53.4 Å². The minimum atomic E-state index is -1.05. The van der Waals surface area contributed by atoms with Gasteiger partial charge in [-0.05, 0) is 36.6 Å². The lowest BCUT2D eigenvalue weighted by molar-refractivity contribution is -0.133. The van der Waals surface area contributed by atoms with Gasteiger partial charge in [0, 0.05) is 25.9 Å². The maximum atomic E-state index is 12.2. The average Bonchev–Trinajstić information content (AvgIpc) is 2.54. The maximum Gasteiger partial charge on any atom is 0.222 e. The summed E-state index contributed by atoms with van der Waals surface area (Å²) in [6.45, 7) is 2.00. The van der Waals surface area contributed by atoms with Gasteiger partial charge in [-0.3, -0.25) is 9.78 Å². The fourth-order valence-corrected chi connectivity index (χ4v) is 2.43. The maximum absolute atomic E-state index is 12.2. The highest BCUT2D eigenvalue weighted by Crippen LogP contribution is 2.21. The molecule has 0 fully saturated rings. The number of hydrogen-bond donors (Lipinski definition) is 1. The second kappa shape index (κ2) is 7.18. The summed E-state index contributed by atoms with van der Waals surface area (Å²) in [7, 11) is 1.73. The van der Waals surface area contributed by atoms with E-state index in [1.165, 1.54) is 0 Å². The Morgan fingerprint density at radius 3 is 2.45 bits per heavy atom. The second-order valence-electron chi connectivity index (χ2n) is 5.75. The zero-order valence-electron chi connectivity index (χ0n) is 13.1. The Morgan fingerprint density at radius 2 is 1.82 bits per heavy atom. The molecule has 0 radical (unpaired) electrons. The number of carbonyl (C=O) groups is 1. The van der Waals surface area contributed by atoms with Crippen molar-refractivity contribution in [1.82, 2.24) is 9.88 Å². The number of pyridine rings is 1. The third-order valence-electron chi connectivity index (χ3n) is 3.74. The number of amides is 1. The molecule has 0 aliphatic carbocycles. The Bertz CT molecular complexity index is 597. The first-order chi connectivity index (χ1) is 10.5. The van der Waals surface area contributed by atoms with Crippen molar-refractivity contribution < 1.29 is 9.90 Å². The molecule has 4 heteroatoms. The first-order valence-electron chi connectivity index (χ1n) is 7.40. The summed E-state index contributed by atoms with van der Waals surface area (Å²) >= 11 is 0. The third-order valence-corrected chi connectivity index (χ3v) is 3.74. The smallest absolute Gasteiger partial charge is 0.222 e. The molecular formula is C18H22N2O2. The molecule has 1 aromatic heterocycles. The number of aromatic nitrogens is 1. The minimum Gasteiger partial charge on any atom is -0.384 e. The van der Waals surface area contributed by atoms with Crippen LogP contribution in [0.25, 0.3) is 0 Å². The molecule has 1 unspecified atom stereocenters. The summed E-state index contributed by atoms with van der Waals surface area (Å²) in [6.07, 6.45) is 4.55. The minimum absolute atomic E-state index is 0.0213. The van der Waals surface area contributed by atoms with Gasteiger partial charge in [0.25, 0.3) is 0 Å². The normalized spacial score (nSPS) is 13.4. The van der Waals surface area contributed by atoms with Crippen molar-refractivity contribution in [1.29, 1.82) is 0 Å². The molecule has 1 N–H and O–H groups in total. The summed E-state index contributed by atoms with van der Waals surface area (Å²) in [6, 6.07) is 13.2. The zero-order valence-corrected chi connectivity index (χ0v) is 13.1. The van der Waals surface area contributed by atoms with Crippen LogP contribution in [0.3, 0.4) is 0 Å². The molecular weight excluding hydrogens is 276 g/mol. The highest BCUT2D eigenvalue weighted by atomic mass is 16.3. The van der Waals surface area contributed by atoms with E-state index < -0.39 is 5.60 Å². The van der Waals surface area contributed by atoms with Gasteiger partial charge in [0.05, 0.1) is 6.54 Å². The third kappa shape index (κ3) is 4.40. The Morgan fingerprint density at radius 1 is 1.18 bits per heavy atom. The number of carbonyl (C=O) groups excluding carboxylic acids is 1. The summed E-state index contributed by atoms with van der Waals surface area (Å²) in [5.74, 6) is 0.0213. The van der Waals surface area contributed by atoms with E-state index in [9.17, 15) is 9.90 Å². The molecule has 116 valence electrons. The Balaban J connectivity index is 1.91. The van der Waals surface area contributed by atoms with Crippen molar-refractivity contribution in [3.8, 4) is 0 Å². The molecule has 1 aromatic carbocycles. The number of aliphatic hydroxyl groups is 1. The van der Waals surface area contributed by atoms with Crippen LogP contribution in [-0.2, 0) is 16.8 Å². The molecule has 0 saturated heterocycles. The first kappa shape index (κ1) is 16.2. The summed E-state index contributed by atoms with van der Waals surface area (Å²) in [5.41, 5.74) is 0.845. The lowest BCUT2D eigenvalue weighted by Crippen LogP contribution is -2.40. The Kier molecular flexibility index (Phi) is 5.28. The molecule has 0 saturated carbocycles. The highest BCUT2D eigenvalue weighted by Gasteiger charge is 2.26. The van der Waals surface area contributed by atoms with Crippen molar-refractivity contribution in [2.24, 2.45) is 0 Å². The number of likely N-dealkylation sites (N-methyl/N-ethyl adjacent to an activating group) is 1. The fraction of sp³-hybridized carbons (Fsp3) is 0.333. The second-order valence-corrected chi connectivity index (χ2v) is 5.75. The Labute approximate surface area is 131 Å². The van der Waals surface area contributed by atoms with Crippen LogP contribution in [0.5, 0.6) is 0 Å². The van der Waals surface area contributed by atoms with Gasteiger partial charge < -0.3 is 10.0 Å². The number of benzene rings is 1. The molecule has 0 aliphatic rings. The molecule has 22 heavy (non-hydrogen) atoms. The standard InChI is InChI=1S/C18H22N2O2/c1-18(22,16-6-4-3-5-7-16)14-20(2)17(21)9-8-15-10-12-19-13-11-15/h3-7,10-13,22H,8-9,14H2,1-2H3. The SMILES string of the molecule is CN(CC(C)(O)c1ccccc1)C(=O)CCc1ccncc1. The zero-order chi connectivity index (χ0) is 16.0. The van der Waals surface area contributed by atoms with Gasteiger partial charge in [0.2, 0.25) is 5.91 Å². The fourth-order valence-electron chi connectivity index (χ4n) is 2.43. The Hall–Kier alpha value is -2.20. The van der Waals surface area contributed by atoms with Gasteiger partial charge in [-0.2, -0.15) is 0 Å². The molecule has 0 spiro atoms. The summed E-state index contributed by atoms with van der Waals surface area (Å²) < 4.78 is 0. The van der Waals surface area contributed by atoms with E-state index in [1.807, 2.05) is 42.5 Å². The molecule has 4 nitrogen and oxygen atoms in total. The van der Waals surface area contributed by atoms with Crippen LogP contribution in [-0.4, -0.2) is 34.5 Å². The van der Waals surface area contributed by atoms with Gasteiger partial charge in [-0.25, -0.2) is 0 Å². The number of aryl methyl sites for hydroxylation is 1. The molecule has 0 aliphatic heterocycles. The van der Waals surface area contributed by atoms with Gasteiger partial charge in [-0.1, -0.05) is 30.3 Å². The quantitative estimate of drug-likeness (QED) is 0.891. The van der Waals surface area contributed by atoms with E-state index in [0.717, 1.165) is 11.1 Å². The van der Waals surface area contributed by atoms with E-state index in [-0.39, 0.29) is 12.5 Å². The van der Waals surface area contributed by atoms with Gasteiger partial charge in [0.15, 0.2) is 0 Å². The van der Waals surface area contributed by atoms with E-state index in [0.29, 0.717) is 12.8 Å². The van der Waals surface area contributed by atoms with E-state index in [1.54, 1.807) is 31.3 Å². The molecule has 1 heterocycles. The average molecular weight is 298 g/mol. The van der Waals surface area contributed by atoms with Crippen LogP contribution in [0.1, 0.15) is 24.5 Å². The van der Waals surface area contributed by atoms with Crippen molar-refractivity contribution >= 4 is 5.91 Å². The van der Waals surface area contributed by atoms with E-state index in [2.05, 4.69) is 4.98 Å². The van der Waals surface area contributed by atoms with Crippen LogP contribution in [0.15, 0.2) is 54.9 Å². The summed E-state index contributed by atoms with van der Waals surface area (Å²) in [4.78, 5) is 17.8. The molecule has 2 aromatic rings. The van der Waals surface area contributed by atoms with Gasteiger partial charge in [-0.15, -0.1) is 0 Å². The molecule has 1 amide bonds. The summed E-state index contributed by atoms with van der Waals surface area (Å²) in [5, 5.41) is 10.6. The van der Waals surface area contributed by atoms with E-state index >= 15 is 0 Å². The monoisotopic (exact) mass is 298 g/mol. The lowest BCUT2D eigenvalue weighted by Gasteiger charge is -2.29. The van der Waals surface area contributed by atoms with Crippen molar-refractivity contribution in [2.75, 3.05) is 13.6 Å². The van der Waals surface area contributed by atoms with Gasteiger partial charge in [0.1, 0.15) is 5.60 Å². The molecule has 2 rings (SSSR count). The number of rotatable bonds is 6. The van der Waals surface area contributed by atoms with Crippen molar-refractivity contribution in [2.45, 2.75) is 25.4 Å². The molecule has 1 atom stereocenters. The van der Waals surface area contributed by atoms with Gasteiger partial charge >= 0.3 is 0 Å². The van der Waals surface area contributed by atoms with Crippen LogP contribution in [0.4, 0.5) is 0 Å². The van der Waals surface area contributed by atoms with Crippen LogP contribution < -0.4 is 0 Å². The molecule has 0 bridgehead atoms. The predicted octanol–water partition coefficient (Wildman–Crippen LogP) is 2.38. The largest absolute Gasteiger partial charge is 0.384 e. The first-order valence-corrected chi connectivity index (χ1v) is 7.40. The van der Waals surface area contributed by atoms with E-state index in [4.69, 9.17) is 0 Å². The van der Waals surface area contributed by atoms with Crippen LogP contribution in [0.2, 0.25) is 0 Å². The van der Waals surface area contributed by atoms with Crippen molar-refractivity contribution in [3.63, 3.8) is 0 Å². The lowest BCUT2D eigenvalue weighted by atomic mass is 9.95. The predicted molar refractivity (Wildman–Crippen MR) is 86.2 cm³/mol. The highest BCUT2D eigenvalue weighted by molar-refractivity contribution is 5.76. The van der Waals surface area contributed by atoms with Crippen molar-refractivity contribution in [3.05, 3.63) is 66.0 Å². The van der Waals surface area contributed by atoms with Crippen LogP contribution >= 0.6 is 0 Å².